The Morgan fingerprint density at radius 3 is 2.47 bits per heavy atom. The number of H-pyrrole nitrogens is 1. The first-order valence-corrected chi connectivity index (χ1v) is 18.4. The van der Waals surface area contributed by atoms with Gasteiger partial charge in [-0.3, -0.25) is 9.59 Å². The van der Waals surface area contributed by atoms with Crippen LogP contribution in [0, 0.1) is 6.42 Å². The summed E-state index contributed by atoms with van der Waals surface area (Å²) in [4.78, 5) is 29.7. The van der Waals surface area contributed by atoms with Gasteiger partial charge in [0.1, 0.15) is 5.75 Å². The molecule has 8 nitrogen and oxygen atoms in total. The first kappa shape index (κ1) is 32.9. The van der Waals surface area contributed by atoms with Crippen LogP contribution in [0.2, 0.25) is 18.1 Å². The number of carbonyl (C=O) groups is 1. The highest BCUT2D eigenvalue weighted by atomic mass is 28.4. The number of aromatic nitrogens is 1. The van der Waals surface area contributed by atoms with Gasteiger partial charge in [0.25, 0.3) is 0 Å². The van der Waals surface area contributed by atoms with Crippen molar-refractivity contribution < 1.29 is 14.3 Å². The number of benzene rings is 2. The summed E-state index contributed by atoms with van der Waals surface area (Å²) >= 11 is 0. The van der Waals surface area contributed by atoms with E-state index >= 15 is 0 Å². The van der Waals surface area contributed by atoms with E-state index in [1.807, 2.05) is 30.3 Å². The van der Waals surface area contributed by atoms with E-state index in [2.05, 4.69) is 67.9 Å². The van der Waals surface area contributed by atoms with Crippen LogP contribution in [0.15, 0.2) is 53.3 Å². The summed E-state index contributed by atoms with van der Waals surface area (Å²) in [5.74, 6) is 0.0749. The molecule has 0 unspecified atom stereocenters. The molecule has 1 atom stereocenters. The van der Waals surface area contributed by atoms with Crippen LogP contribution in [0.3, 0.4) is 0 Å². The first-order valence-electron chi connectivity index (χ1n) is 15.5. The standard InChI is InChI=1S/C34H49N4O4Si/c1-34(2,3)43(5,6)42-30(27-16-18-29(39)33-28(27)17-19-31(40)37-33)23-35-22-24-12-14-25(15-13-24)36-32(41)20-21-38(4)26-10-8-7-9-11-26/h7,12-19,26,30,35,39H,8-11,20-23H2,1-6H3,(H,36,41)(H,37,40)/t30-/m0/s1. The quantitative estimate of drug-likeness (QED) is 0.176. The number of hydrogen-bond acceptors (Lipinski definition) is 6. The van der Waals surface area contributed by atoms with Crippen LogP contribution in [0.25, 0.3) is 10.9 Å². The molecule has 1 aliphatic rings. The molecule has 1 aliphatic carbocycles. The Bertz CT molecular complexity index is 1430. The van der Waals surface area contributed by atoms with Gasteiger partial charge in [0, 0.05) is 49.2 Å². The number of fused-ring (bicyclic) bond motifs is 1. The number of anilines is 1. The van der Waals surface area contributed by atoms with E-state index < -0.39 is 8.32 Å². The van der Waals surface area contributed by atoms with Gasteiger partial charge in [-0.2, -0.15) is 0 Å². The summed E-state index contributed by atoms with van der Waals surface area (Å²) in [5, 5.41) is 17.8. The molecule has 1 radical (unpaired) electrons. The molecule has 1 fully saturated rings. The maximum atomic E-state index is 12.6. The third-order valence-corrected chi connectivity index (χ3v) is 13.6. The molecule has 43 heavy (non-hydrogen) atoms. The van der Waals surface area contributed by atoms with Gasteiger partial charge in [-0.15, -0.1) is 0 Å². The lowest BCUT2D eigenvalue weighted by molar-refractivity contribution is -0.116. The summed E-state index contributed by atoms with van der Waals surface area (Å²) in [6.45, 7) is 13.0. The van der Waals surface area contributed by atoms with Gasteiger partial charge in [0.05, 0.1) is 11.6 Å². The summed E-state index contributed by atoms with van der Waals surface area (Å²) in [7, 11) is -0.0355. The Morgan fingerprint density at radius 1 is 1.09 bits per heavy atom. The minimum Gasteiger partial charge on any atom is -0.506 e. The number of phenols is 1. The van der Waals surface area contributed by atoms with E-state index in [9.17, 15) is 14.7 Å². The Hall–Kier alpha value is -2.98. The smallest absolute Gasteiger partial charge is 0.248 e. The Labute approximate surface area is 257 Å². The van der Waals surface area contributed by atoms with Crippen molar-refractivity contribution in [3.8, 4) is 5.75 Å². The van der Waals surface area contributed by atoms with Crippen molar-refractivity contribution in [3.05, 3.63) is 76.4 Å². The average Bonchev–Trinajstić information content (AvgIpc) is 2.96. The lowest BCUT2D eigenvalue weighted by Gasteiger charge is -2.39. The number of hydrogen-bond donors (Lipinski definition) is 4. The zero-order chi connectivity index (χ0) is 31.2. The number of nitrogens with one attached hydrogen (secondary N) is 3. The van der Waals surface area contributed by atoms with E-state index in [1.165, 1.54) is 31.7 Å². The zero-order valence-electron chi connectivity index (χ0n) is 26.6. The number of rotatable bonds is 12. The van der Waals surface area contributed by atoms with Crippen molar-refractivity contribution in [2.45, 2.75) is 89.7 Å². The van der Waals surface area contributed by atoms with Crippen molar-refractivity contribution in [1.29, 1.82) is 0 Å². The SMILES string of the molecule is CN(CCC(=O)Nc1ccc(CNC[C@H](O[Si](C)(C)C(C)(C)C)c2ccc(O)c3[nH]c(=O)ccc23)cc1)C1CC[CH]CC1. The van der Waals surface area contributed by atoms with E-state index in [0.29, 0.717) is 31.1 Å². The molecule has 0 aliphatic heterocycles. The minimum absolute atomic E-state index is 0.0105. The summed E-state index contributed by atoms with van der Waals surface area (Å²) in [6.07, 6.45) is 7.27. The predicted octanol–water partition coefficient (Wildman–Crippen LogP) is 6.49. The van der Waals surface area contributed by atoms with Crippen LogP contribution in [0.5, 0.6) is 5.75 Å². The maximum Gasteiger partial charge on any atom is 0.248 e. The van der Waals surface area contributed by atoms with Gasteiger partial charge < -0.3 is 30.0 Å². The molecule has 233 valence electrons. The third-order valence-electron chi connectivity index (χ3n) is 9.12. The second-order valence-electron chi connectivity index (χ2n) is 13.4. The average molecular weight is 606 g/mol. The molecule has 0 saturated heterocycles. The molecular weight excluding hydrogens is 556 g/mol. The summed E-state index contributed by atoms with van der Waals surface area (Å²) < 4.78 is 6.90. The van der Waals surface area contributed by atoms with Gasteiger partial charge in [-0.1, -0.05) is 39.0 Å². The molecular formula is C34H49N4O4Si. The number of pyridine rings is 1. The van der Waals surface area contributed by atoms with Crippen LogP contribution in [0.1, 0.15) is 70.1 Å². The number of phenolic OH excluding ortho intramolecular Hbond substituents is 1. The van der Waals surface area contributed by atoms with Gasteiger partial charge >= 0.3 is 0 Å². The molecule has 4 rings (SSSR count). The van der Waals surface area contributed by atoms with Crippen LogP contribution in [0.4, 0.5) is 5.69 Å². The van der Waals surface area contributed by atoms with Gasteiger partial charge in [-0.05, 0) is 92.7 Å². The third kappa shape index (κ3) is 8.78. The number of aromatic amines is 1. The molecule has 1 aromatic heterocycles. The summed E-state index contributed by atoms with van der Waals surface area (Å²) in [5.41, 5.74) is 2.98. The number of carbonyl (C=O) groups excluding carboxylic acids is 1. The molecule has 1 heterocycles. The second-order valence-corrected chi connectivity index (χ2v) is 18.1. The fraction of sp³-hybridized carbons (Fsp3) is 0.500. The van der Waals surface area contributed by atoms with E-state index in [-0.39, 0.29) is 28.4 Å². The first-order chi connectivity index (χ1) is 20.3. The predicted molar refractivity (Wildman–Crippen MR) is 178 cm³/mol. The van der Waals surface area contributed by atoms with Crippen molar-refractivity contribution in [1.82, 2.24) is 15.2 Å². The number of aromatic hydroxyl groups is 1. The fourth-order valence-electron chi connectivity index (χ4n) is 5.37. The van der Waals surface area contributed by atoms with Crippen molar-refractivity contribution in [2.75, 3.05) is 25.5 Å². The van der Waals surface area contributed by atoms with Crippen molar-refractivity contribution in [3.63, 3.8) is 0 Å². The molecule has 4 N–H and O–H groups in total. The normalized spacial score (nSPS) is 15.6. The van der Waals surface area contributed by atoms with Crippen LogP contribution >= 0.6 is 0 Å². The molecule has 3 aromatic rings. The zero-order valence-corrected chi connectivity index (χ0v) is 27.6. The summed E-state index contributed by atoms with van der Waals surface area (Å²) in [6, 6.07) is 15.3. The lowest BCUT2D eigenvalue weighted by atomic mass is 9.94. The maximum absolute atomic E-state index is 12.6. The Kier molecular flexibility index (Phi) is 10.9. The monoisotopic (exact) mass is 605 g/mol. The highest BCUT2D eigenvalue weighted by molar-refractivity contribution is 6.74. The molecule has 2 aromatic carbocycles. The highest BCUT2D eigenvalue weighted by Crippen LogP contribution is 2.41. The Balaban J connectivity index is 1.38. The topological polar surface area (TPSA) is 107 Å². The molecule has 1 amide bonds. The number of nitrogens with zero attached hydrogens (tertiary/aromatic N) is 1. The van der Waals surface area contributed by atoms with E-state index in [4.69, 9.17) is 4.43 Å². The van der Waals surface area contributed by atoms with Crippen LogP contribution in [-0.4, -0.2) is 55.4 Å². The molecule has 9 heteroatoms. The lowest BCUT2D eigenvalue weighted by Crippen LogP contribution is -2.43. The van der Waals surface area contributed by atoms with E-state index in [0.717, 1.165) is 28.7 Å². The second kappa shape index (κ2) is 14.2. The van der Waals surface area contributed by atoms with Gasteiger partial charge in [-0.25, -0.2) is 0 Å². The molecule has 1 saturated carbocycles. The molecule has 0 bridgehead atoms. The van der Waals surface area contributed by atoms with Gasteiger partial charge in [0.2, 0.25) is 11.5 Å². The van der Waals surface area contributed by atoms with Crippen LogP contribution in [-0.2, 0) is 15.8 Å². The fourth-order valence-corrected chi connectivity index (χ4v) is 6.65. The molecule has 0 spiro atoms. The highest BCUT2D eigenvalue weighted by Gasteiger charge is 2.39. The van der Waals surface area contributed by atoms with Crippen molar-refractivity contribution in [2.24, 2.45) is 0 Å². The number of amides is 1. The largest absolute Gasteiger partial charge is 0.506 e. The van der Waals surface area contributed by atoms with E-state index in [1.54, 1.807) is 12.1 Å². The Morgan fingerprint density at radius 2 is 1.79 bits per heavy atom. The van der Waals surface area contributed by atoms with Gasteiger partial charge in [0.15, 0.2) is 8.32 Å². The van der Waals surface area contributed by atoms with Crippen LogP contribution < -0.4 is 16.2 Å². The minimum atomic E-state index is -2.16. The van der Waals surface area contributed by atoms with Crippen molar-refractivity contribution >= 4 is 30.8 Å².